The number of piperidine rings is 1. The minimum absolute atomic E-state index is 0.239. The SMILES string of the molecule is CCCc1ccc(NC2CCN(S(=O)(=O)c3ccc(C(OC)c4cccc(C(N)=O)c4)s3)CC2)cc1. The second kappa shape index (κ2) is 11.6. The molecule has 1 amide bonds. The number of sulfonamides is 1. The van der Waals surface area contributed by atoms with Crippen LogP contribution in [0.25, 0.3) is 0 Å². The smallest absolute Gasteiger partial charge is 0.252 e. The summed E-state index contributed by atoms with van der Waals surface area (Å²) in [7, 11) is -2.04. The lowest BCUT2D eigenvalue weighted by atomic mass is 10.0. The van der Waals surface area contributed by atoms with Gasteiger partial charge < -0.3 is 15.8 Å². The minimum atomic E-state index is -3.60. The van der Waals surface area contributed by atoms with Gasteiger partial charge in [-0.15, -0.1) is 11.3 Å². The quantitative estimate of drug-likeness (QED) is 0.394. The molecule has 1 unspecified atom stereocenters. The van der Waals surface area contributed by atoms with Crippen molar-refractivity contribution in [1.82, 2.24) is 4.31 Å². The van der Waals surface area contributed by atoms with Crippen LogP contribution in [0, 0.1) is 0 Å². The van der Waals surface area contributed by atoms with Crippen molar-refractivity contribution in [3.05, 3.63) is 82.2 Å². The highest BCUT2D eigenvalue weighted by molar-refractivity contribution is 7.91. The Labute approximate surface area is 217 Å². The molecule has 3 aromatic rings. The molecule has 0 spiro atoms. The number of rotatable bonds is 10. The Balaban J connectivity index is 1.41. The van der Waals surface area contributed by atoms with Crippen LogP contribution in [0.2, 0.25) is 0 Å². The van der Waals surface area contributed by atoms with Crippen molar-refractivity contribution in [1.29, 1.82) is 0 Å². The van der Waals surface area contributed by atoms with E-state index in [1.54, 1.807) is 41.7 Å². The largest absolute Gasteiger partial charge is 0.382 e. The molecule has 7 nitrogen and oxygen atoms in total. The predicted octanol–water partition coefficient (Wildman–Crippen LogP) is 4.80. The molecule has 3 N–H and O–H groups in total. The first kappa shape index (κ1) is 26.3. The zero-order chi connectivity index (χ0) is 25.7. The molecule has 1 aliphatic heterocycles. The van der Waals surface area contributed by atoms with Gasteiger partial charge in [0.05, 0.1) is 0 Å². The lowest BCUT2D eigenvalue weighted by Gasteiger charge is -2.31. The standard InChI is InChI=1S/C27H33N3O4S2/c1-3-5-19-8-10-22(11-9-19)29-23-14-16-30(17-15-23)36(32,33)25-13-12-24(35-25)26(34-2)20-6-4-7-21(18-20)27(28)31/h4,6-13,18,23,26,29H,3,5,14-17H2,1-2H3,(H2,28,31). The topological polar surface area (TPSA) is 102 Å². The van der Waals surface area contributed by atoms with E-state index in [4.69, 9.17) is 10.5 Å². The number of hydrogen-bond donors (Lipinski definition) is 2. The Morgan fingerprint density at radius 1 is 1.14 bits per heavy atom. The first-order valence-electron chi connectivity index (χ1n) is 12.2. The molecule has 0 bridgehead atoms. The van der Waals surface area contributed by atoms with Gasteiger partial charge in [-0.3, -0.25) is 4.79 Å². The van der Waals surface area contributed by atoms with Crippen molar-refractivity contribution in [2.45, 2.75) is 49.0 Å². The van der Waals surface area contributed by atoms with E-state index in [-0.39, 0.29) is 6.04 Å². The van der Waals surface area contributed by atoms with E-state index in [0.29, 0.717) is 22.9 Å². The molecular formula is C27H33N3O4S2. The second-order valence-corrected chi connectivity index (χ2v) is 12.3. The summed E-state index contributed by atoms with van der Waals surface area (Å²) >= 11 is 1.20. The maximum atomic E-state index is 13.4. The number of nitrogens with one attached hydrogen (secondary N) is 1. The number of carbonyl (C=O) groups excluding carboxylic acids is 1. The summed E-state index contributed by atoms with van der Waals surface area (Å²) < 4.78 is 34.3. The van der Waals surface area contributed by atoms with Gasteiger partial charge in [-0.05, 0) is 66.8 Å². The Kier molecular flexibility index (Phi) is 8.46. The van der Waals surface area contributed by atoms with Gasteiger partial charge in [0.1, 0.15) is 10.3 Å². The second-order valence-electron chi connectivity index (χ2n) is 9.03. The molecule has 0 radical (unpaired) electrons. The Morgan fingerprint density at radius 2 is 1.86 bits per heavy atom. The third kappa shape index (κ3) is 5.98. The third-order valence-corrected chi connectivity index (χ3v) is 9.98. The fraction of sp³-hybridized carbons (Fsp3) is 0.370. The average molecular weight is 528 g/mol. The summed E-state index contributed by atoms with van der Waals surface area (Å²) in [6.45, 7) is 3.11. The number of amides is 1. The Bertz CT molecular complexity index is 1280. The van der Waals surface area contributed by atoms with Crippen LogP contribution >= 0.6 is 11.3 Å². The molecule has 4 rings (SSSR count). The number of anilines is 1. The van der Waals surface area contributed by atoms with Crippen molar-refractivity contribution < 1.29 is 17.9 Å². The van der Waals surface area contributed by atoms with Crippen molar-refractivity contribution in [3.8, 4) is 0 Å². The van der Waals surface area contributed by atoms with Gasteiger partial charge >= 0.3 is 0 Å². The van der Waals surface area contributed by atoms with Crippen molar-refractivity contribution >= 4 is 33.0 Å². The molecule has 0 aliphatic carbocycles. The van der Waals surface area contributed by atoms with Gasteiger partial charge in [0.15, 0.2) is 0 Å². The first-order valence-corrected chi connectivity index (χ1v) is 14.5. The maximum Gasteiger partial charge on any atom is 0.252 e. The zero-order valence-corrected chi connectivity index (χ0v) is 22.3. The first-order chi connectivity index (χ1) is 17.3. The van der Waals surface area contributed by atoms with Gasteiger partial charge in [-0.2, -0.15) is 4.31 Å². The van der Waals surface area contributed by atoms with Crippen LogP contribution < -0.4 is 11.1 Å². The zero-order valence-electron chi connectivity index (χ0n) is 20.6. The molecule has 192 valence electrons. The van der Waals surface area contributed by atoms with E-state index in [1.165, 1.54) is 16.9 Å². The maximum absolute atomic E-state index is 13.4. The van der Waals surface area contributed by atoms with Crippen LogP contribution in [0.3, 0.4) is 0 Å². The number of aryl methyl sites for hydroxylation is 1. The number of nitrogens with zero attached hydrogens (tertiary/aromatic N) is 1. The van der Waals surface area contributed by atoms with Crippen LogP contribution in [-0.2, 0) is 21.2 Å². The number of nitrogens with two attached hydrogens (primary N) is 1. The average Bonchev–Trinajstić information content (AvgIpc) is 3.37. The van der Waals surface area contributed by atoms with E-state index in [1.807, 2.05) is 6.07 Å². The summed E-state index contributed by atoms with van der Waals surface area (Å²) in [5.74, 6) is -0.521. The Hall–Kier alpha value is -2.72. The molecule has 0 saturated carbocycles. The molecule has 36 heavy (non-hydrogen) atoms. The van der Waals surface area contributed by atoms with E-state index in [9.17, 15) is 13.2 Å². The van der Waals surface area contributed by atoms with Crippen LogP contribution in [0.1, 0.15) is 58.7 Å². The molecule has 1 aromatic heterocycles. The molecule has 2 aromatic carbocycles. The summed E-state index contributed by atoms with van der Waals surface area (Å²) in [5.41, 5.74) is 8.94. The predicted molar refractivity (Wildman–Crippen MR) is 144 cm³/mol. The molecule has 1 saturated heterocycles. The van der Waals surface area contributed by atoms with E-state index >= 15 is 0 Å². The van der Waals surface area contributed by atoms with E-state index in [2.05, 4.69) is 36.5 Å². The monoisotopic (exact) mass is 527 g/mol. The molecule has 9 heteroatoms. The molecule has 1 fully saturated rings. The van der Waals surface area contributed by atoms with Gasteiger partial charge in [0.2, 0.25) is 5.91 Å². The number of ether oxygens (including phenoxy) is 1. The van der Waals surface area contributed by atoms with Gasteiger partial charge in [0, 0.05) is 42.4 Å². The third-order valence-electron chi connectivity index (χ3n) is 6.48. The highest BCUT2D eigenvalue weighted by atomic mass is 32.2. The van der Waals surface area contributed by atoms with Crippen LogP contribution in [0.5, 0.6) is 0 Å². The number of hydrogen-bond acceptors (Lipinski definition) is 6. The number of methoxy groups -OCH3 is 1. The highest BCUT2D eigenvalue weighted by Gasteiger charge is 2.31. The van der Waals surface area contributed by atoms with E-state index in [0.717, 1.165) is 41.8 Å². The summed E-state index contributed by atoms with van der Waals surface area (Å²) in [6, 6.07) is 19.1. The van der Waals surface area contributed by atoms with Gasteiger partial charge in [-0.1, -0.05) is 37.6 Å². The fourth-order valence-corrected chi connectivity index (χ4v) is 7.60. The van der Waals surface area contributed by atoms with Crippen molar-refractivity contribution in [2.75, 3.05) is 25.5 Å². The van der Waals surface area contributed by atoms with Crippen molar-refractivity contribution in [3.63, 3.8) is 0 Å². The van der Waals surface area contributed by atoms with Gasteiger partial charge in [0.25, 0.3) is 10.0 Å². The van der Waals surface area contributed by atoms with Crippen LogP contribution in [0.15, 0.2) is 64.9 Å². The molecule has 1 atom stereocenters. The summed E-state index contributed by atoms with van der Waals surface area (Å²) in [5, 5.41) is 3.55. The van der Waals surface area contributed by atoms with E-state index < -0.39 is 22.0 Å². The molecule has 1 aliphatic rings. The summed E-state index contributed by atoms with van der Waals surface area (Å²) in [4.78, 5) is 12.3. The number of primary amides is 1. The number of benzene rings is 2. The van der Waals surface area contributed by atoms with Crippen LogP contribution in [0.4, 0.5) is 5.69 Å². The minimum Gasteiger partial charge on any atom is -0.382 e. The molecule has 2 heterocycles. The van der Waals surface area contributed by atoms with Crippen molar-refractivity contribution in [2.24, 2.45) is 5.73 Å². The van der Waals surface area contributed by atoms with Gasteiger partial charge in [-0.25, -0.2) is 8.42 Å². The fourth-order valence-electron chi connectivity index (χ4n) is 4.55. The number of thiophene rings is 1. The highest BCUT2D eigenvalue weighted by Crippen LogP contribution is 2.35. The summed E-state index contributed by atoms with van der Waals surface area (Å²) in [6.07, 6.45) is 3.20. The number of carbonyl (C=O) groups is 1. The Morgan fingerprint density at radius 3 is 2.50 bits per heavy atom. The van der Waals surface area contributed by atoms with Crippen LogP contribution in [-0.4, -0.2) is 44.9 Å². The lowest BCUT2D eigenvalue weighted by Crippen LogP contribution is -2.42. The normalized spacial score (nSPS) is 16.1. The lowest BCUT2D eigenvalue weighted by molar-refractivity contribution is 0.0999. The molecular weight excluding hydrogens is 494 g/mol.